The molecule has 19 heavy (non-hydrogen) atoms. The molecule has 5 nitrogen and oxygen atoms in total. The molecule has 2 rings (SSSR count). The van der Waals surface area contributed by atoms with Gasteiger partial charge in [-0.2, -0.15) is 0 Å². The van der Waals surface area contributed by atoms with Crippen molar-refractivity contribution in [3.05, 3.63) is 40.4 Å². The number of aryl methyl sites for hydroxylation is 2. The van der Waals surface area contributed by atoms with Crippen LogP contribution in [0.4, 0.5) is 0 Å². The van der Waals surface area contributed by atoms with Gasteiger partial charge in [-0.15, -0.1) is 0 Å². The standard InChI is InChI=1S/C13H16N2O3S/c1-10-5-3-6-11-12(10)14-9-15(13(11)16)7-4-8-19(2,17)18/h3,5-6,9H,4,7-8H2,1-2H3. The van der Waals surface area contributed by atoms with Crippen LogP contribution in [0.2, 0.25) is 0 Å². The number of benzene rings is 1. The van der Waals surface area contributed by atoms with Gasteiger partial charge in [0.25, 0.3) is 5.56 Å². The normalized spacial score (nSPS) is 11.9. The minimum absolute atomic E-state index is 0.0747. The molecule has 0 aliphatic rings. The fraction of sp³-hybridized carbons (Fsp3) is 0.385. The molecule has 1 aromatic heterocycles. The minimum atomic E-state index is -2.99. The number of para-hydroxylation sites is 1. The first-order valence-electron chi connectivity index (χ1n) is 6.01. The fourth-order valence-electron chi connectivity index (χ4n) is 1.99. The lowest BCUT2D eigenvalue weighted by atomic mass is 10.1. The largest absolute Gasteiger partial charge is 0.299 e. The molecule has 102 valence electrons. The van der Waals surface area contributed by atoms with Gasteiger partial charge >= 0.3 is 0 Å². The predicted octanol–water partition coefficient (Wildman–Crippen LogP) is 1.14. The zero-order chi connectivity index (χ0) is 14.0. The molecule has 0 bridgehead atoms. The predicted molar refractivity (Wildman–Crippen MR) is 75.1 cm³/mol. The third-order valence-electron chi connectivity index (χ3n) is 2.97. The molecule has 0 N–H and O–H groups in total. The summed E-state index contributed by atoms with van der Waals surface area (Å²) in [6.07, 6.45) is 3.09. The molecule has 0 aliphatic heterocycles. The number of fused-ring (bicyclic) bond motifs is 1. The lowest BCUT2D eigenvalue weighted by molar-refractivity contribution is 0.588. The summed E-state index contributed by atoms with van der Waals surface area (Å²) in [5, 5.41) is 0.571. The number of nitrogens with zero attached hydrogens (tertiary/aromatic N) is 2. The van der Waals surface area contributed by atoms with E-state index < -0.39 is 9.84 Å². The molecule has 0 atom stereocenters. The van der Waals surface area contributed by atoms with Crippen molar-refractivity contribution in [3.8, 4) is 0 Å². The van der Waals surface area contributed by atoms with E-state index in [9.17, 15) is 13.2 Å². The molecular weight excluding hydrogens is 264 g/mol. The van der Waals surface area contributed by atoms with Crippen LogP contribution in [0.1, 0.15) is 12.0 Å². The van der Waals surface area contributed by atoms with Crippen molar-refractivity contribution in [3.63, 3.8) is 0 Å². The SMILES string of the molecule is Cc1cccc2c(=O)n(CCCS(C)(=O)=O)cnc12. The van der Waals surface area contributed by atoms with Crippen LogP contribution in [-0.2, 0) is 16.4 Å². The van der Waals surface area contributed by atoms with Crippen molar-refractivity contribution in [2.75, 3.05) is 12.0 Å². The molecule has 0 aliphatic carbocycles. The highest BCUT2D eigenvalue weighted by molar-refractivity contribution is 7.90. The first-order chi connectivity index (χ1) is 8.88. The highest BCUT2D eigenvalue weighted by atomic mass is 32.2. The maximum Gasteiger partial charge on any atom is 0.261 e. The third kappa shape index (κ3) is 3.20. The van der Waals surface area contributed by atoms with Gasteiger partial charge in [0, 0.05) is 12.8 Å². The van der Waals surface area contributed by atoms with Crippen LogP contribution in [0.15, 0.2) is 29.3 Å². The Morgan fingerprint density at radius 3 is 2.74 bits per heavy atom. The summed E-state index contributed by atoms with van der Waals surface area (Å²) in [5.41, 5.74) is 1.53. The number of hydrogen-bond donors (Lipinski definition) is 0. The second-order valence-corrected chi connectivity index (χ2v) is 6.96. The monoisotopic (exact) mass is 280 g/mol. The molecule has 0 fully saturated rings. The minimum Gasteiger partial charge on any atom is -0.299 e. The smallest absolute Gasteiger partial charge is 0.261 e. The Labute approximate surface area is 111 Å². The van der Waals surface area contributed by atoms with E-state index in [1.54, 1.807) is 6.07 Å². The molecule has 0 saturated heterocycles. The molecular formula is C13H16N2O3S. The molecule has 0 spiro atoms. The summed E-state index contributed by atoms with van der Waals surface area (Å²) in [7, 11) is -2.99. The van der Waals surface area contributed by atoms with Crippen molar-refractivity contribution in [2.45, 2.75) is 19.9 Å². The van der Waals surface area contributed by atoms with Crippen LogP contribution < -0.4 is 5.56 Å². The third-order valence-corrected chi connectivity index (χ3v) is 4.00. The number of sulfone groups is 1. The Bertz CT molecular complexity index is 763. The Hall–Kier alpha value is -1.69. The fourth-order valence-corrected chi connectivity index (χ4v) is 2.65. The van der Waals surface area contributed by atoms with E-state index in [4.69, 9.17) is 0 Å². The van der Waals surface area contributed by atoms with E-state index in [1.165, 1.54) is 17.2 Å². The van der Waals surface area contributed by atoms with Gasteiger partial charge in [0.05, 0.1) is 23.0 Å². The lowest BCUT2D eigenvalue weighted by Crippen LogP contribution is -2.22. The van der Waals surface area contributed by atoms with Crippen LogP contribution in [0.5, 0.6) is 0 Å². The van der Waals surface area contributed by atoms with Crippen LogP contribution in [-0.4, -0.2) is 30.0 Å². The summed E-state index contributed by atoms with van der Waals surface area (Å²) >= 11 is 0. The summed E-state index contributed by atoms with van der Waals surface area (Å²) in [6, 6.07) is 5.47. The highest BCUT2D eigenvalue weighted by Gasteiger charge is 2.07. The second kappa shape index (κ2) is 5.13. The van der Waals surface area contributed by atoms with Gasteiger partial charge in [0.2, 0.25) is 0 Å². The number of aromatic nitrogens is 2. The van der Waals surface area contributed by atoms with Gasteiger partial charge in [-0.3, -0.25) is 9.36 Å². The maximum atomic E-state index is 12.2. The molecule has 0 amide bonds. The van der Waals surface area contributed by atoms with Crippen LogP contribution >= 0.6 is 0 Å². The van der Waals surface area contributed by atoms with Gasteiger partial charge < -0.3 is 0 Å². The van der Waals surface area contributed by atoms with Gasteiger partial charge in [-0.1, -0.05) is 12.1 Å². The summed E-state index contributed by atoms with van der Waals surface area (Å²) in [5.74, 6) is 0.0747. The van der Waals surface area contributed by atoms with Gasteiger partial charge in [0.15, 0.2) is 0 Å². The maximum absolute atomic E-state index is 12.2. The first kappa shape index (κ1) is 13.7. The van der Waals surface area contributed by atoms with Crippen molar-refractivity contribution in [1.82, 2.24) is 9.55 Å². The van der Waals surface area contributed by atoms with E-state index in [2.05, 4.69) is 4.98 Å². The van der Waals surface area contributed by atoms with E-state index in [0.29, 0.717) is 23.9 Å². The van der Waals surface area contributed by atoms with Crippen molar-refractivity contribution < 1.29 is 8.42 Å². The van der Waals surface area contributed by atoms with E-state index in [1.807, 2.05) is 19.1 Å². The van der Waals surface area contributed by atoms with Crippen LogP contribution in [0.25, 0.3) is 10.9 Å². The Morgan fingerprint density at radius 1 is 1.32 bits per heavy atom. The quantitative estimate of drug-likeness (QED) is 0.842. The Morgan fingerprint density at radius 2 is 2.05 bits per heavy atom. The average Bonchev–Trinajstić information content (AvgIpc) is 2.31. The summed E-state index contributed by atoms with van der Waals surface area (Å²) < 4.78 is 23.6. The lowest BCUT2D eigenvalue weighted by Gasteiger charge is -2.07. The van der Waals surface area contributed by atoms with Gasteiger partial charge in [-0.25, -0.2) is 13.4 Å². The topological polar surface area (TPSA) is 69.0 Å². The number of hydrogen-bond acceptors (Lipinski definition) is 4. The zero-order valence-electron chi connectivity index (χ0n) is 11.0. The Balaban J connectivity index is 2.31. The van der Waals surface area contributed by atoms with Crippen molar-refractivity contribution >= 4 is 20.7 Å². The van der Waals surface area contributed by atoms with E-state index >= 15 is 0 Å². The van der Waals surface area contributed by atoms with Crippen molar-refractivity contribution in [1.29, 1.82) is 0 Å². The molecule has 6 heteroatoms. The zero-order valence-corrected chi connectivity index (χ0v) is 11.8. The molecule has 1 heterocycles. The molecule has 0 saturated carbocycles. The molecule has 0 radical (unpaired) electrons. The molecule has 1 aromatic carbocycles. The van der Waals surface area contributed by atoms with Crippen LogP contribution in [0.3, 0.4) is 0 Å². The van der Waals surface area contributed by atoms with Gasteiger partial charge in [0.1, 0.15) is 9.84 Å². The number of rotatable bonds is 4. The highest BCUT2D eigenvalue weighted by Crippen LogP contribution is 2.11. The summed E-state index contributed by atoms with van der Waals surface area (Å²) in [4.78, 5) is 16.5. The van der Waals surface area contributed by atoms with E-state index in [-0.39, 0.29) is 11.3 Å². The van der Waals surface area contributed by atoms with Gasteiger partial charge in [-0.05, 0) is 25.0 Å². The molecule has 2 aromatic rings. The molecule has 0 unspecified atom stereocenters. The first-order valence-corrected chi connectivity index (χ1v) is 8.07. The second-order valence-electron chi connectivity index (χ2n) is 4.70. The van der Waals surface area contributed by atoms with Crippen molar-refractivity contribution in [2.24, 2.45) is 0 Å². The average molecular weight is 280 g/mol. The van der Waals surface area contributed by atoms with E-state index in [0.717, 1.165) is 5.56 Å². The summed E-state index contributed by atoms with van der Waals surface area (Å²) in [6.45, 7) is 2.27. The van der Waals surface area contributed by atoms with Crippen LogP contribution in [0, 0.1) is 6.92 Å². The Kier molecular flexibility index (Phi) is 3.71.